The molecule has 0 aliphatic carbocycles. The van der Waals surface area contributed by atoms with Gasteiger partial charge in [-0.25, -0.2) is 19.2 Å². The van der Waals surface area contributed by atoms with Gasteiger partial charge >= 0.3 is 6.09 Å². The first-order chi connectivity index (χ1) is 10.8. The Labute approximate surface area is 134 Å². The molecule has 2 rings (SSSR count). The molecule has 0 aliphatic rings. The molecule has 0 spiro atoms. The first kappa shape index (κ1) is 16.7. The monoisotopic (exact) mass is 318 g/mol. The van der Waals surface area contributed by atoms with Gasteiger partial charge in [0, 0.05) is 30.2 Å². The zero-order chi connectivity index (χ0) is 16.9. The molecule has 1 amide bonds. The van der Waals surface area contributed by atoms with Gasteiger partial charge in [0.05, 0.1) is 5.69 Å². The van der Waals surface area contributed by atoms with Crippen LogP contribution in [0.1, 0.15) is 26.3 Å². The summed E-state index contributed by atoms with van der Waals surface area (Å²) in [6, 6.07) is 4.25. The van der Waals surface area contributed by atoms with Crippen LogP contribution in [0.2, 0.25) is 0 Å². The standard InChI is InChI=1S/C16H19FN4O2/c1-16(2,3)23-15(22)21-12-4-5-13(17)14(6-12)20-9-11-7-18-10-19-8-11/h4-8,10,20H,9H2,1-3H3,(H,21,22). The first-order valence-electron chi connectivity index (χ1n) is 7.11. The van der Waals surface area contributed by atoms with Gasteiger partial charge in [0.1, 0.15) is 17.7 Å². The zero-order valence-corrected chi connectivity index (χ0v) is 13.3. The Hall–Kier alpha value is -2.70. The van der Waals surface area contributed by atoms with Gasteiger partial charge in [-0.15, -0.1) is 0 Å². The van der Waals surface area contributed by atoms with Gasteiger partial charge in [0.2, 0.25) is 0 Å². The number of halogens is 1. The fraction of sp³-hybridized carbons (Fsp3) is 0.312. The van der Waals surface area contributed by atoms with Gasteiger partial charge in [-0.3, -0.25) is 5.32 Å². The van der Waals surface area contributed by atoms with Crippen LogP contribution in [-0.2, 0) is 11.3 Å². The Morgan fingerprint density at radius 3 is 2.61 bits per heavy atom. The summed E-state index contributed by atoms with van der Waals surface area (Å²) in [5.74, 6) is -0.420. The number of hydrogen-bond acceptors (Lipinski definition) is 5. The largest absolute Gasteiger partial charge is 0.444 e. The first-order valence-corrected chi connectivity index (χ1v) is 7.11. The quantitative estimate of drug-likeness (QED) is 0.901. The van der Waals surface area contributed by atoms with Gasteiger partial charge in [0.25, 0.3) is 0 Å². The topological polar surface area (TPSA) is 76.1 Å². The molecule has 1 aromatic carbocycles. The normalized spacial score (nSPS) is 11.0. The summed E-state index contributed by atoms with van der Waals surface area (Å²) in [7, 11) is 0. The Kier molecular flexibility index (Phi) is 5.10. The van der Waals surface area contributed by atoms with E-state index in [9.17, 15) is 9.18 Å². The average molecular weight is 318 g/mol. The minimum absolute atomic E-state index is 0.266. The van der Waals surface area contributed by atoms with Crippen molar-refractivity contribution in [1.82, 2.24) is 9.97 Å². The number of carbonyl (C=O) groups excluding carboxylic acids is 1. The highest BCUT2D eigenvalue weighted by atomic mass is 19.1. The van der Waals surface area contributed by atoms with E-state index >= 15 is 0 Å². The molecule has 6 nitrogen and oxygen atoms in total. The van der Waals surface area contributed by atoms with Crippen LogP contribution in [0.3, 0.4) is 0 Å². The molecule has 0 bridgehead atoms. The van der Waals surface area contributed by atoms with Crippen molar-refractivity contribution >= 4 is 17.5 Å². The molecule has 2 N–H and O–H groups in total. The second-order valence-corrected chi connectivity index (χ2v) is 5.92. The lowest BCUT2D eigenvalue weighted by Crippen LogP contribution is -2.27. The fourth-order valence-electron chi connectivity index (χ4n) is 1.78. The second kappa shape index (κ2) is 7.04. The van der Waals surface area contributed by atoms with Gasteiger partial charge < -0.3 is 10.1 Å². The number of amides is 1. The third kappa shape index (κ3) is 5.54. The number of anilines is 2. The number of nitrogens with zero attached hydrogens (tertiary/aromatic N) is 2. The van der Waals surface area contributed by atoms with E-state index in [1.54, 1.807) is 33.2 Å². The van der Waals surface area contributed by atoms with Crippen molar-refractivity contribution in [3.05, 3.63) is 48.3 Å². The van der Waals surface area contributed by atoms with Crippen molar-refractivity contribution < 1.29 is 13.9 Å². The molecule has 1 aromatic heterocycles. The summed E-state index contributed by atoms with van der Waals surface area (Å²) in [6.07, 6.45) is 4.11. The highest BCUT2D eigenvalue weighted by Crippen LogP contribution is 2.21. The van der Waals surface area contributed by atoms with Gasteiger partial charge in [-0.1, -0.05) is 0 Å². The van der Waals surface area contributed by atoms with Crippen molar-refractivity contribution in [3.8, 4) is 0 Å². The van der Waals surface area contributed by atoms with Crippen molar-refractivity contribution in [1.29, 1.82) is 0 Å². The summed E-state index contributed by atoms with van der Waals surface area (Å²) in [5, 5.41) is 5.52. The minimum atomic E-state index is -0.599. The van der Waals surface area contributed by atoms with Crippen LogP contribution in [0.25, 0.3) is 0 Å². The fourth-order valence-corrected chi connectivity index (χ4v) is 1.78. The Bertz CT molecular complexity index is 672. The van der Waals surface area contributed by atoms with Crippen molar-refractivity contribution in [2.45, 2.75) is 32.9 Å². The molecule has 23 heavy (non-hydrogen) atoms. The number of carbonyl (C=O) groups is 1. The molecule has 0 unspecified atom stereocenters. The Morgan fingerprint density at radius 2 is 1.96 bits per heavy atom. The van der Waals surface area contributed by atoms with E-state index in [-0.39, 0.29) is 5.69 Å². The van der Waals surface area contributed by atoms with Gasteiger partial charge in [-0.2, -0.15) is 0 Å². The SMILES string of the molecule is CC(C)(C)OC(=O)Nc1ccc(F)c(NCc2cncnc2)c1. The predicted octanol–water partition coefficient (Wildman–Crippen LogP) is 3.57. The number of rotatable bonds is 4. The molecular formula is C16H19FN4O2. The molecular weight excluding hydrogens is 299 g/mol. The minimum Gasteiger partial charge on any atom is -0.444 e. The molecule has 2 aromatic rings. The molecule has 0 saturated carbocycles. The lowest BCUT2D eigenvalue weighted by Gasteiger charge is -2.20. The highest BCUT2D eigenvalue weighted by Gasteiger charge is 2.16. The zero-order valence-electron chi connectivity index (χ0n) is 13.3. The molecule has 0 fully saturated rings. The van der Waals surface area contributed by atoms with E-state index in [1.807, 2.05) is 0 Å². The maximum atomic E-state index is 13.8. The van der Waals surface area contributed by atoms with Gasteiger partial charge in [0.15, 0.2) is 0 Å². The summed E-state index contributed by atoms with van der Waals surface area (Å²) in [4.78, 5) is 19.5. The number of aromatic nitrogens is 2. The molecule has 7 heteroatoms. The summed E-state index contributed by atoms with van der Waals surface area (Å²) >= 11 is 0. The molecule has 122 valence electrons. The lowest BCUT2D eigenvalue weighted by molar-refractivity contribution is 0.0636. The number of nitrogens with one attached hydrogen (secondary N) is 2. The smallest absolute Gasteiger partial charge is 0.412 e. The number of ether oxygens (including phenoxy) is 1. The van der Waals surface area contributed by atoms with E-state index in [0.717, 1.165) is 5.56 Å². The van der Waals surface area contributed by atoms with Crippen LogP contribution in [0.15, 0.2) is 36.9 Å². The molecule has 1 heterocycles. The van der Waals surface area contributed by atoms with E-state index in [1.165, 1.54) is 24.5 Å². The Balaban J connectivity index is 2.02. The van der Waals surface area contributed by atoms with Crippen molar-refractivity contribution in [2.75, 3.05) is 10.6 Å². The summed E-state index contributed by atoms with van der Waals surface area (Å²) in [6.45, 7) is 5.68. The number of benzene rings is 1. The second-order valence-electron chi connectivity index (χ2n) is 5.92. The van der Waals surface area contributed by atoms with E-state index in [4.69, 9.17) is 4.74 Å². The van der Waals surface area contributed by atoms with Crippen LogP contribution in [-0.4, -0.2) is 21.7 Å². The highest BCUT2D eigenvalue weighted by molar-refractivity contribution is 5.85. The third-order valence-corrected chi connectivity index (χ3v) is 2.71. The molecule has 0 atom stereocenters. The van der Waals surface area contributed by atoms with E-state index < -0.39 is 17.5 Å². The third-order valence-electron chi connectivity index (χ3n) is 2.71. The predicted molar refractivity (Wildman–Crippen MR) is 85.6 cm³/mol. The number of hydrogen-bond donors (Lipinski definition) is 2. The van der Waals surface area contributed by atoms with Crippen LogP contribution in [0.4, 0.5) is 20.6 Å². The summed E-state index contributed by atoms with van der Waals surface area (Å²) < 4.78 is 19.0. The molecule has 0 aliphatic heterocycles. The summed E-state index contributed by atoms with van der Waals surface area (Å²) in [5.41, 5.74) is 0.922. The van der Waals surface area contributed by atoms with E-state index in [0.29, 0.717) is 12.2 Å². The maximum absolute atomic E-state index is 13.8. The maximum Gasteiger partial charge on any atom is 0.412 e. The average Bonchev–Trinajstić information content (AvgIpc) is 2.47. The van der Waals surface area contributed by atoms with Crippen LogP contribution >= 0.6 is 0 Å². The molecule has 0 radical (unpaired) electrons. The molecule has 0 saturated heterocycles. The van der Waals surface area contributed by atoms with E-state index in [2.05, 4.69) is 20.6 Å². The van der Waals surface area contributed by atoms with Crippen LogP contribution in [0.5, 0.6) is 0 Å². The van der Waals surface area contributed by atoms with Crippen molar-refractivity contribution in [2.24, 2.45) is 0 Å². The van der Waals surface area contributed by atoms with Gasteiger partial charge in [-0.05, 0) is 39.0 Å². The van der Waals surface area contributed by atoms with Crippen LogP contribution < -0.4 is 10.6 Å². The van der Waals surface area contributed by atoms with Crippen LogP contribution in [0, 0.1) is 5.82 Å². The lowest BCUT2D eigenvalue weighted by atomic mass is 10.2. The van der Waals surface area contributed by atoms with Crippen molar-refractivity contribution in [3.63, 3.8) is 0 Å². The Morgan fingerprint density at radius 1 is 1.26 bits per heavy atom.